The molecular weight excluding hydrogens is 339 g/mol. The number of hydrogen-bond donors (Lipinski definition) is 2. The van der Waals surface area contributed by atoms with E-state index in [0.29, 0.717) is 6.54 Å². The zero-order valence-corrected chi connectivity index (χ0v) is 13.7. The topological polar surface area (TPSA) is 98.5 Å². The summed E-state index contributed by atoms with van der Waals surface area (Å²) >= 11 is 11.7. The van der Waals surface area contributed by atoms with Gasteiger partial charge in [-0.1, -0.05) is 36.5 Å². The fourth-order valence-corrected chi connectivity index (χ4v) is 2.81. The Bertz CT molecular complexity index is 620. The quantitative estimate of drug-likeness (QED) is 0.730. The molecule has 9 heteroatoms. The molecule has 0 bridgehead atoms. The summed E-state index contributed by atoms with van der Waals surface area (Å²) in [5, 5.41) is 7.32. The third kappa shape index (κ3) is 5.35. The van der Waals surface area contributed by atoms with E-state index in [1.165, 1.54) is 12.1 Å². The van der Waals surface area contributed by atoms with Crippen LogP contribution >= 0.6 is 23.2 Å². The molecule has 0 saturated heterocycles. The van der Waals surface area contributed by atoms with Crippen molar-refractivity contribution in [3.8, 4) is 5.75 Å². The Labute approximate surface area is 133 Å². The van der Waals surface area contributed by atoms with Crippen LogP contribution in [0.2, 0.25) is 10.0 Å². The number of halogens is 2. The van der Waals surface area contributed by atoms with Gasteiger partial charge in [0, 0.05) is 6.54 Å². The molecule has 21 heavy (non-hydrogen) atoms. The van der Waals surface area contributed by atoms with Crippen molar-refractivity contribution in [3.05, 3.63) is 22.2 Å². The van der Waals surface area contributed by atoms with Crippen LogP contribution in [0.4, 0.5) is 0 Å². The highest BCUT2D eigenvalue weighted by Crippen LogP contribution is 2.36. The number of rotatable bonds is 7. The van der Waals surface area contributed by atoms with Gasteiger partial charge in [0.1, 0.15) is 15.7 Å². The summed E-state index contributed by atoms with van der Waals surface area (Å²) in [7, 11) is -3.97. The van der Waals surface area contributed by atoms with Crippen LogP contribution in [-0.2, 0) is 14.8 Å². The van der Waals surface area contributed by atoms with Gasteiger partial charge in [-0.2, -0.15) is 0 Å². The van der Waals surface area contributed by atoms with Gasteiger partial charge in [-0.05, 0) is 18.6 Å². The average Bonchev–Trinajstić information content (AvgIpc) is 2.39. The Morgan fingerprint density at radius 1 is 1.33 bits per heavy atom. The SMILES string of the molecule is CCCCNC(=O)COc1ccc(S(N)(=O)=O)c(Cl)c1Cl. The molecule has 0 unspecified atom stereocenters. The third-order valence-corrected chi connectivity index (χ3v) is 4.46. The van der Waals surface area contributed by atoms with E-state index >= 15 is 0 Å². The Morgan fingerprint density at radius 2 is 2.00 bits per heavy atom. The first-order chi connectivity index (χ1) is 9.77. The largest absolute Gasteiger partial charge is 0.482 e. The Hall–Kier alpha value is -1.02. The van der Waals surface area contributed by atoms with Gasteiger partial charge in [-0.25, -0.2) is 13.6 Å². The maximum Gasteiger partial charge on any atom is 0.257 e. The summed E-state index contributed by atoms with van der Waals surface area (Å²) in [5.74, 6) is -0.189. The van der Waals surface area contributed by atoms with Gasteiger partial charge in [0.2, 0.25) is 10.0 Å². The summed E-state index contributed by atoms with van der Waals surface area (Å²) in [6.45, 7) is 2.34. The number of carbonyl (C=O) groups is 1. The molecule has 0 aliphatic rings. The molecule has 0 fully saturated rings. The van der Waals surface area contributed by atoms with Gasteiger partial charge in [-0.3, -0.25) is 4.79 Å². The number of primary sulfonamides is 1. The zero-order valence-electron chi connectivity index (χ0n) is 11.4. The van der Waals surface area contributed by atoms with Crippen molar-refractivity contribution in [2.75, 3.05) is 13.2 Å². The molecule has 0 aliphatic heterocycles. The highest BCUT2D eigenvalue weighted by molar-refractivity contribution is 7.89. The number of nitrogens with two attached hydrogens (primary N) is 1. The van der Waals surface area contributed by atoms with Crippen molar-refractivity contribution < 1.29 is 17.9 Å². The molecule has 0 aromatic heterocycles. The smallest absolute Gasteiger partial charge is 0.257 e. The Balaban J connectivity index is 2.74. The van der Waals surface area contributed by atoms with E-state index in [1.807, 2.05) is 6.92 Å². The summed E-state index contributed by atoms with van der Waals surface area (Å²) in [6.07, 6.45) is 1.85. The van der Waals surface area contributed by atoms with E-state index < -0.39 is 10.0 Å². The van der Waals surface area contributed by atoms with Gasteiger partial charge >= 0.3 is 0 Å². The lowest BCUT2D eigenvalue weighted by atomic mass is 10.3. The fraction of sp³-hybridized carbons (Fsp3) is 0.417. The lowest BCUT2D eigenvalue weighted by Crippen LogP contribution is -2.29. The molecule has 6 nitrogen and oxygen atoms in total. The second-order valence-electron chi connectivity index (χ2n) is 4.23. The highest BCUT2D eigenvalue weighted by Gasteiger charge is 2.19. The standard InChI is InChI=1S/C12H16Cl2N2O4S/c1-2-3-6-16-10(17)7-20-8-4-5-9(21(15,18)19)12(14)11(8)13/h4-5H,2-3,6-7H2,1H3,(H,16,17)(H2,15,18,19). The number of hydrogen-bond acceptors (Lipinski definition) is 4. The average molecular weight is 355 g/mol. The Morgan fingerprint density at radius 3 is 2.57 bits per heavy atom. The minimum atomic E-state index is -3.97. The summed E-state index contributed by atoms with van der Waals surface area (Å²) in [4.78, 5) is 11.2. The molecule has 1 aromatic rings. The van der Waals surface area contributed by atoms with Gasteiger partial charge in [0.05, 0.1) is 5.02 Å². The Kier molecular flexibility index (Phi) is 6.73. The van der Waals surface area contributed by atoms with Crippen LogP contribution in [0.3, 0.4) is 0 Å². The first-order valence-electron chi connectivity index (χ1n) is 6.17. The van der Waals surface area contributed by atoms with Crippen molar-refractivity contribution in [2.45, 2.75) is 24.7 Å². The summed E-state index contributed by atoms with van der Waals surface area (Å²) < 4.78 is 27.7. The summed E-state index contributed by atoms with van der Waals surface area (Å²) in [5.41, 5.74) is 0. The highest BCUT2D eigenvalue weighted by atomic mass is 35.5. The lowest BCUT2D eigenvalue weighted by molar-refractivity contribution is -0.123. The van der Waals surface area contributed by atoms with Gasteiger partial charge < -0.3 is 10.1 Å². The van der Waals surface area contributed by atoms with Crippen LogP contribution in [-0.4, -0.2) is 27.5 Å². The molecule has 0 saturated carbocycles. The van der Waals surface area contributed by atoms with Crippen LogP contribution in [0.25, 0.3) is 0 Å². The van der Waals surface area contributed by atoms with Crippen molar-refractivity contribution in [3.63, 3.8) is 0 Å². The normalized spacial score (nSPS) is 11.2. The molecule has 1 amide bonds. The molecule has 0 aliphatic carbocycles. The number of nitrogens with one attached hydrogen (secondary N) is 1. The van der Waals surface area contributed by atoms with E-state index in [2.05, 4.69) is 5.32 Å². The molecule has 0 radical (unpaired) electrons. The maximum atomic E-state index is 11.5. The minimum absolute atomic E-state index is 0.107. The molecule has 0 heterocycles. The third-order valence-electron chi connectivity index (χ3n) is 2.53. The predicted molar refractivity (Wildman–Crippen MR) is 81.2 cm³/mol. The number of amides is 1. The van der Waals surface area contributed by atoms with Crippen LogP contribution in [0.5, 0.6) is 5.75 Å². The fourth-order valence-electron chi connectivity index (χ4n) is 1.44. The predicted octanol–water partition coefficient (Wildman–Crippen LogP) is 1.94. The molecule has 1 aromatic carbocycles. The zero-order chi connectivity index (χ0) is 16.0. The first-order valence-corrected chi connectivity index (χ1v) is 8.48. The molecule has 0 atom stereocenters. The number of sulfonamides is 1. The van der Waals surface area contributed by atoms with Crippen LogP contribution in [0, 0.1) is 0 Å². The van der Waals surface area contributed by atoms with E-state index in [-0.39, 0.29) is 33.2 Å². The number of benzene rings is 1. The summed E-state index contributed by atoms with van der Waals surface area (Å²) in [6, 6.07) is 2.47. The van der Waals surface area contributed by atoms with Gasteiger partial charge in [0.15, 0.2) is 6.61 Å². The van der Waals surface area contributed by atoms with Crippen molar-refractivity contribution in [2.24, 2.45) is 5.14 Å². The maximum absolute atomic E-state index is 11.5. The van der Waals surface area contributed by atoms with E-state index in [0.717, 1.165) is 12.8 Å². The van der Waals surface area contributed by atoms with Gasteiger partial charge in [0.25, 0.3) is 5.91 Å². The minimum Gasteiger partial charge on any atom is -0.482 e. The molecule has 3 N–H and O–H groups in total. The first kappa shape index (κ1) is 18.0. The monoisotopic (exact) mass is 354 g/mol. The van der Waals surface area contributed by atoms with Crippen molar-refractivity contribution in [1.82, 2.24) is 5.32 Å². The van der Waals surface area contributed by atoms with E-state index in [9.17, 15) is 13.2 Å². The van der Waals surface area contributed by atoms with Crippen molar-refractivity contribution in [1.29, 1.82) is 0 Å². The molecule has 118 valence electrons. The van der Waals surface area contributed by atoms with E-state index in [4.69, 9.17) is 33.1 Å². The van der Waals surface area contributed by atoms with Gasteiger partial charge in [-0.15, -0.1) is 0 Å². The molecular formula is C12H16Cl2N2O4S. The van der Waals surface area contributed by atoms with Crippen LogP contribution in [0.15, 0.2) is 17.0 Å². The van der Waals surface area contributed by atoms with Crippen LogP contribution < -0.4 is 15.2 Å². The number of carbonyl (C=O) groups excluding carboxylic acids is 1. The van der Waals surface area contributed by atoms with Crippen LogP contribution in [0.1, 0.15) is 19.8 Å². The van der Waals surface area contributed by atoms with E-state index in [1.54, 1.807) is 0 Å². The number of ether oxygens (including phenoxy) is 1. The molecule has 0 spiro atoms. The van der Waals surface area contributed by atoms with Crippen molar-refractivity contribution >= 4 is 39.1 Å². The lowest BCUT2D eigenvalue weighted by Gasteiger charge is -2.11. The molecule has 1 rings (SSSR count). The second kappa shape index (κ2) is 7.84. The number of unbranched alkanes of at least 4 members (excludes halogenated alkanes) is 1. The second-order valence-corrected chi connectivity index (χ2v) is 6.51.